The number of carbonyl (C=O) groups excluding carboxylic acids is 1. The van der Waals surface area contributed by atoms with Gasteiger partial charge in [-0.15, -0.1) is 11.3 Å². The Balaban J connectivity index is 1.75. The highest BCUT2D eigenvalue weighted by Gasteiger charge is 2.38. The maximum Gasteiger partial charge on any atom is 0.407 e. The van der Waals surface area contributed by atoms with Crippen molar-refractivity contribution < 1.29 is 14.6 Å². The lowest BCUT2D eigenvalue weighted by atomic mass is 9.70. The van der Waals surface area contributed by atoms with Crippen LogP contribution in [-0.2, 0) is 17.8 Å². The number of thiazole rings is 1. The van der Waals surface area contributed by atoms with E-state index in [0.717, 1.165) is 23.3 Å². The van der Waals surface area contributed by atoms with Crippen LogP contribution < -0.4 is 5.32 Å². The summed E-state index contributed by atoms with van der Waals surface area (Å²) in [5.74, 6) is -0.0959. The van der Waals surface area contributed by atoms with E-state index >= 15 is 0 Å². The molecule has 0 aliphatic carbocycles. The Morgan fingerprint density at radius 2 is 1.76 bits per heavy atom. The van der Waals surface area contributed by atoms with Crippen LogP contribution in [0.1, 0.15) is 55.5 Å². The number of aliphatic hydroxyl groups is 1. The van der Waals surface area contributed by atoms with Crippen LogP contribution in [0.4, 0.5) is 4.79 Å². The fourth-order valence-corrected chi connectivity index (χ4v) is 4.78. The molecule has 0 spiro atoms. The summed E-state index contributed by atoms with van der Waals surface area (Å²) in [4.78, 5) is 17.6. The van der Waals surface area contributed by atoms with Crippen molar-refractivity contribution in [2.75, 3.05) is 0 Å². The molecule has 3 rings (SSSR count). The maximum atomic E-state index is 12.8. The molecule has 33 heavy (non-hydrogen) atoms. The zero-order chi connectivity index (χ0) is 23.7. The average Bonchev–Trinajstić information content (AvgIpc) is 3.31. The third kappa shape index (κ3) is 7.69. The van der Waals surface area contributed by atoms with Crippen molar-refractivity contribution in [3.63, 3.8) is 0 Å². The van der Waals surface area contributed by atoms with Crippen LogP contribution >= 0.6 is 11.3 Å². The number of aromatic nitrogens is 1. The van der Waals surface area contributed by atoms with Crippen LogP contribution in [0.2, 0.25) is 0 Å². The molecule has 5 nitrogen and oxygen atoms in total. The Kier molecular flexibility index (Phi) is 9.03. The summed E-state index contributed by atoms with van der Waals surface area (Å²) in [5.41, 5.74) is 3.84. The lowest BCUT2D eigenvalue weighted by Crippen LogP contribution is -2.50. The molecule has 3 aromatic rings. The summed E-state index contributed by atoms with van der Waals surface area (Å²) in [6.07, 6.45) is 2.73. The maximum absolute atomic E-state index is 12.8. The molecule has 0 aliphatic heterocycles. The first kappa shape index (κ1) is 24.9. The zero-order valence-corrected chi connectivity index (χ0v) is 20.4. The van der Waals surface area contributed by atoms with Gasteiger partial charge < -0.3 is 15.2 Å². The average molecular weight is 467 g/mol. The SMILES string of the molecule is CC(C)(C)C(c1ccccc1)C(NC(=O)OCc1cncs1)C(O)CCCc1ccccc1. The van der Waals surface area contributed by atoms with Gasteiger partial charge in [-0.05, 0) is 35.8 Å². The van der Waals surface area contributed by atoms with Crippen molar-refractivity contribution in [1.29, 1.82) is 0 Å². The van der Waals surface area contributed by atoms with Crippen molar-refractivity contribution in [1.82, 2.24) is 10.3 Å². The van der Waals surface area contributed by atoms with Crippen LogP contribution in [-0.4, -0.2) is 28.3 Å². The molecule has 0 saturated heterocycles. The van der Waals surface area contributed by atoms with Crippen molar-refractivity contribution in [2.45, 2.75) is 64.7 Å². The molecule has 6 heteroatoms. The van der Waals surface area contributed by atoms with E-state index in [0.29, 0.717) is 6.42 Å². The van der Waals surface area contributed by atoms with Gasteiger partial charge in [0.25, 0.3) is 0 Å². The summed E-state index contributed by atoms with van der Waals surface area (Å²) in [5, 5.41) is 14.3. The third-order valence-corrected chi connectivity index (χ3v) is 6.54. The third-order valence-electron chi connectivity index (χ3n) is 5.79. The van der Waals surface area contributed by atoms with E-state index in [-0.39, 0.29) is 17.9 Å². The Labute approximate surface area is 200 Å². The largest absolute Gasteiger partial charge is 0.444 e. The van der Waals surface area contributed by atoms with Crippen LogP contribution in [0.15, 0.2) is 72.4 Å². The summed E-state index contributed by atoms with van der Waals surface area (Å²) < 4.78 is 5.45. The monoisotopic (exact) mass is 466 g/mol. The molecule has 1 amide bonds. The minimum Gasteiger partial charge on any atom is -0.444 e. The number of hydrogen-bond donors (Lipinski definition) is 2. The summed E-state index contributed by atoms with van der Waals surface area (Å²) >= 11 is 1.44. The molecule has 0 saturated carbocycles. The molecule has 176 valence electrons. The van der Waals surface area contributed by atoms with E-state index in [1.807, 2.05) is 36.4 Å². The van der Waals surface area contributed by atoms with Crippen LogP contribution in [0, 0.1) is 5.41 Å². The molecule has 3 unspecified atom stereocenters. The minimum atomic E-state index is -0.714. The number of aliphatic hydroxyl groups excluding tert-OH is 1. The van der Waals surface area contributed by atoms with Gasteiger partial charge in [0.15, 0.2) is 0 Å². The Bertz CT molecular complexity index is 956. The molecule has 0 aliphatic rings. The molecule has 2 aromatic carbocycles. The summed E-state index contributed by atoms with van der Waals surface area (Å²) in [6.45, 7) is 6.58. The second-order valence-corrected chi connectivity index (χ2v) is 10.4. The van der Waals surface area contributed by atoms with Crippen LogP contribution in [0.25, 0.3) is 0 Å². The number of aryl methyl sites for hydroxylation is 1. The Morgan fingerprint density at radius 1 is 1.09 bits per heavy atom. The fraction of sp³-hybridized carbons (Fsp3) is 0.407. The smallest absolute Gasteiger partial charge is 0.407 e. The molecular weight excluding hydrogens is 432 g/mol. The first-order valence-corrected chi connectivity index (χ1v) is 12.3. The molecule has 2 N–H and O–H groups in total. The van der Waals surface area contributed by atoms with Gasteiger partial charge in [0.1, 0.15) is 6.61 Å². The molecule has 0 bridgehead atoms. The van der Waals surface area contributed by atoms with Crippen molar-refractivity contribution in [2.24, 2.45) is 5.41 Å². The van der Waals surface area contributed by atoms with Crippen molar-refractivity contribution in [3.8, 4) is 0 Å². The predicted molar refractivity (Wildman–Crippen MR) is 133 cm³/mol. The number of benzene rings is 2. The Hall–Kier alpha value is -2.70. The first-order chi connectivity index (χ1) is 15.8. The van der Waals surface area contributed by atoms with E-state index in [1.54, 1.807) is 11.7 Å². The molecular formula is C27H34N2O3S. The quantitative estimate of drug-likeness (QED) is 0.387. The molecule has 0 radical (unpaired) electrons. The van der Waals surface area contributed by atoms with Gasteiger partial charge in [0.2, 0.25) is 0 Å². The normalized spacial score (nSPS) is 14.3. The van der Waals surface area contributed by atoms with Gasteiger partial charge in [-0.25, -0.2) is 4.79 Å². The van der Waals surface area contributed by atoms with Crippen molar-refractivity contribution in [3.05, 3.63) is 88.4 Å². The van der Waals surface area contributed by atoms with Gasteiger partial charge >= 0.3 is 6.09 Å². The second kappa shape index (κ2) is 12.0. The van der Waals surface area contributed by atoms with E-state index in [4.69, 9.17) is 4.74 Å². The van der Waals surface area contributed by atoms with Crippen molar-refractivity contribution >= 4 is 17.4 Å². The highest BCUT2D eigenvalue weighted by Crippen LogP contribution is 2.39. The highest BCUT2D eigenvalue weighted by atomic mass is 32.1. The van der Waals surface area contributed by atoms with E-state index in [2.05, 4.69) is 55.3 Å². The number of carbonyl (C=O) groups is 1. The summed E-state index contributed by atoms with van der Waals surface area (Å²) in [7, 11) is 0. The lowest BCUT2D eigenvalue weighted by Gasteiger charge is -2.40. The second-order valence-electron chi connectivity index (χ2n) is 9.41. The van der Waals surface area contributed by atoms with Gasteiger partial charge in [-0.2, -0.15) is 0 Å². The lowest BCUT2D eigenvalue weighted by molar-refractivity contribution is 0.0672. The number of ether oxygens (including phenoxy) is 1. The van der Waals surface area contributed by atoms with Gasteiger partial charge in [-0.1, -0.05) is 81.4 Å². The summed E-state index contributed by atoms with van der Waals surface area (Å²) in [6, 6.07) is 19.9. The molecule has 1 heterocycles. The van der Waals surface area contributed by atoms with Crippen LogP contribution in [0.5, 0.6) is 0 Å². The number of nitrogens with one attached hydrogen (secondary N) is 1. The number of alkyl carbamates (subject to hydrolysis) is 1. The first-order valence-electron chi connectivity index (χ1n) is 11.4. The molecule has 3 atom stereocenters. The number of amides is 1. The fourth-order valence-electron chi connectivity index (χ4n) is 4.28. The zero-order valence-electron chi connectivity index (χ0n) is 19.6. The van der Waals surface area contributed by atoms with E-state index < -0.39 is 18.2 Å². The number of hydrogen-bond acceptors (Lipinski definition) is 5. The standard InChI is InChI=1S/C27H34N2O3S/c1-27(2,3)24(21-14-8-5-9-15-21)25(29-26(31)32-18-22-17-28-19-33-22)23(30)16-10-13-20-11-6-4-7-12-20/h4-9,11-12,14-15,17,19,23-25,30H,10,13,16,18H2,1-3H3,(H,29,31). The predicted octanol–water partition coefficient (Wildman–Crippen LogP) is 5.95. The van der Waals surface area contributed by atoms with E-state index in [1.165, 1.54) is 16.9 Å². The van der Waals surface area contributed by atoms with Gasteiger partial charge in [0.05, 0.1) is 22.5 Å². The highest BCUT2D eigenvalue weighted by molar-refractivity contribution is 7.09. The van der Waals surface area contributed by atoms with E-state index in [9.17, 15) is 9.90 Å². The van der Waals surface area contributed by atoms with Gasteiger partial charge in [0, 0.05) is 12.1 Å². The van der Waals surface area contributed by atoms with Gasteiger partial charge in [-0.3, -0.25) is 4.98 Å². The number of nitrogens with zero attached hydrogens (tertiary/aromatic N) is 1. The Morgan fingerprint density at radius 3 is 2.36 bits per heavy atom. The molecule has 1 aromatic heterocycles. The topological polar surface area (TPSA) is 71.5 Å². The molecule has 0 fully saturated rings. The minimum absolute atomic E-state index is 0.0959. The number of rotatable bonds is 10. The van der Waals surface area contributed by atoms with Crippen LogP contribution in [0.3, 0.4) is 0 Å².